The van der Waals surface area contributed by atoms with Crippen LogP contribution >= 0.6 is 11.8 Å². The second kappa shape index (κ2) is 7.20. The Morgan fingerprint density at radius 3 is 2.42 bits per heavy atom. The minimum atomic E-state index is -0.450. The van der Waals surface area contributed by atoms with Crippen molar-refractivity contribution in [3.05, 3.63) is 22.2 Å². The first kappa shape index (κ1) is 15.6. The van der Waals surface area contributed by atoms with Gasteiger partial charge in [-0.1, -0.05) is 6.92 Å². The van der Waals surface area contributed by atoms with Crippen LogP contribution in [0.1, 0.15) is 6.92 Å². The molecule has 0 aliphatic heterocycles. The molecule has 0 heterocycles. The first-order chi connectivity index (χ1) is 9.03. The number of aliphatic hydroxyl groups excluding tert-OH is 1. The van der Waals surface area contributed by atoms with Gasteiger partial charge in [-0.2, -0.15) is 0 Å². The summed E-state index contributed by atoms with van der Waals surface area (Å²) in [6.45, 7) is 1.92. The van der Waals surface area contributed by atoms with Crippen molar-refractivity contribution < 1.29 is 19.5 Å². The number of rotatable bonds is 7. The molecule has 0 bridgehead atoms. The number of aliphatic hydroxyl groups is 1. The van der Waals surface area contributed by atoms with Gasteiger partial charge in [-0.25, -0.2) is 0 Å². The van der Waals surface area contributed by atoms with Gasteiger partial charge in [0, 0.05) is 18.4 Å². The molecule has 1 N–H and O–H groups in total. The molecule has 106 valence electrons. The molecule has 7 heteroatoms. The summed E-state index contributed by atoms with van der Waals surface area (Å²) >= 11 is 1.32. The van der Waals surface area contributed by atoms with Gasteiger partial charge in [-0.05, 0) is 5.92 Å². The van der Waals surface area contributed by atoms with Gasteiger partial charge in [0.1, 0.15) is 0 Å². The van der Waals surface area contributed by atoms with Crippen LogP contribution in [0.5, 0.6) is 11.5 Å². The highest BCUT2D eigenvalue weighted by molar-refractivity contribution is 7.99. The molecule has 0 saturated carbocycles. The molecule has 1 aromatic rings. The lowest BCUT2D eigenvalue weighted by Gasteiger charge is -2.11. The van der Waals surface area contributed by atoms with Gasteiger partial charge < -0.3 is 14.6 Å². The lowest BCUT2D eigenvalue weighted by molar-refractivity contribution is -0.387. The molecule has 0 aliphatic carbocycles. The van der Waals surface area contributed by atoms with Crippen molar-refractivity contribution in [1.82, 2.24) is 0 Å². The fourth-order valence-corrected chi connectivity index (χ4v) is 2.43. The number of nitro benzene ring substituents is 1. The molecule has 0 aliphatic rings. The van der Waals surface area contributed by atoms with E-state index in [2.05, 4.69) is 0 Å². The van der Waals surface area contributed by atoms with Crippen molar-refractivity contribution in [3.8, 4) is 11.5 Å². The van der Waals surface area contributed by atoms with E-state index >= 15 is 0 Å². The van der Waals surface area contributed by atoms with Gasteiger partial charge in [0.05, 0.1) is 30.1 Å². The second-order valence-electron chi connectivity index (χ2n) is 4.03. The number of benzene rings is 1. The molecule has 1 unspecified atom stereocenters. The molecule has 0 saturated heterocycles. The fraction of sp³-hybridized carbons (Fsp3) is 0.500. The van der Waals surface area contributed by atoms with E-state index in [-0.39, 0.29) is 18.2 Å². The minimum absolute atomic E-state index is 0.0206. The lowest BCUT2D eigenvalue weighted by atomic mass is 10.2. The standard InChI is InChI=1S/C12H17NO5S/c1-8(6-14)7-19-12-5-11(18-3)10(17-2)4-9(12)13(15)16/h4-5,8,14H,6-7H2,1-3H3. The third kappa shape index (κ3) is 4.00. The number of hydrogen-bond donors (Lipinski definition) is 1. The van der Waals surface area contributed by atoms with Gasteiger partial charge in [-0.15, -0.1) is 11.8 Å². The maximum Gasteiger partial charge on any atom is 0.286 e. The maximum atomic E-state index is 11.1. The summed E-state index contributed by atoms with van der Waals surface area (Å²) in [7, 11) is 2.91. The highest BCUT2D eigenvalue weighted by Crippen LogP contribution is 2.39. The average molecular weight is 287 g/mol. The Balaban J connectivity index is 3.09. The molecule has 0 fully saturated rings. The van der Waals surface area contributed by atoms with Gasteiger partial charge in [0.25, 0.3) is 5.69 Å². The zero-order valence-electron chi connectivity index (χ0n) is 11.1. The van der Waals surface area contributed by atoms with E-state index in [1.165, 1.54) is 32.0 Å². The Morgan fingerprint density at radius 1 is 1.37 bits per heavy atom. The summed E-state index contributed by atoms with van der Waals surface area (Å²) in [5.74, 6) is 1.44. The van der Waals surface area contributed by atoms with Crippen LogP contribution in [-0.2, 0) is 0 Å². The number of hydrogen-bond acceptors (Lipinski definition) is 6. The van der Waals surface area contributed by atoms with Gasteiger partial charge in [-0.3, -0.25) is 10.1 Å². The lowest BCUT2D eigenvalue weighted by Crippen LogP contribution is -2.04. The molecule has 0 spiro atoms. The van der Waals surface area contributed by atoms with Crippen molar-refractivity contribution in [2.24, 2.45) is 5.92 Å². The van der Waals surface area contributed by atoms with Crippen LogP contribution in [0.25, 0.3) is 0 Å². The topological polar surface area (TPSA) is 81.8 Å². The predicted molar refractivity (Wildman–Crippen MR) is 73.2 cm³/mol. The van der Waals surface area contributed by atoms with Crippen molar-refractivity contribution in [2.45, 2.75) is 11.8 Å². The molecular formula is C12H17NO5S. The molecule has 6 nitrogen and oxygen atoms in total. The first-order valence-corrected chi connectivity index (χ1v) is 6.66. The van der Waals surface area contributed by atoms with E-state index < -0.39 is 4.92 Å². The Kier molecular flexibility index (Phi) is 5.91. The minimum Gasteiger partial charge on any atom is -0.493 e. The molecule has 1 atom stereocenters. The maximum absolute atomic E-state index is 11.1. The number of nitro groups is 1. The first-order valence-electron chi connectivity index (χ1n) is 5.67. The third-order valence-electron chi connectivity index (χ3n) is 2.50. The van der Waals surface area contributed by atoms with Crippen molar-refractivity contribution in [2.75, 3.05) is 26.6 Å². The SMILES string of the molecule is COc1cc(SCC(C)CO)c([N+](=O)[O-])cc1OC. The highest BCUT2D eigenvalue weighted by Gasteiger charge is 2.20. The molecule has 0 radical (unpaired) electrons. The number of methoxy groups -OCH3 is 2. The van der Waals surface area contributed by atoms with E-state index in [0.717, 1.165) is 0 Å². The van der Waals surface area contributed by atoms with Crippen LogP contribution in [0.4, 0.5) is 5.69 Å². The van der Waals surface area contributed by atoms with Crippen LogP contribution < -0.4 is 9.47 Å². The molecule has 1 rings (SSSR count). The molecular weight excluding hydrogens is 270 g/mol. The highest BCUT2D eigenvalue weighted by atomic mass is 32.2. The number of ether oxygens (including phenoxy) is 2. The Hall–Kier alpha value is -1.47. The van der Waals surface area contributed by atoms with Crippen LogP contribution in [0.3, 0.4) is 0 Å². The quantitative estimate of drug-likeness (QED) is 0.471. The predicted octanol–water partition coefficient (Wildman–Crippen LogP) is 2.33. The summed E-state index contributed by atoms with van der Waals surface area (Å²) < 4.78 is 10.2. The number of nitrogens with zero attached hydrogens (tertiary/aromatic N) is 1. The smallest absolute Gasteiger partial charge is 0.286 e. The van der Waals surface area contributed by atoms with E-state index in [9.17, 15) is 10.1 Å². The van der Waals surface area contributed by atoms with E-state index in [4.69, 9.17) is 14.6 Å². The molecule has 0 amide bonds. The van der Waals surface area contributed by atoms with E-state index in [0.29, 0.717) is 22.1 Å². The van der Waals surface area contributed by atoms with Crippen LogP contribution in [0.15, 0.2) is 17.0 Å². The molecule has 1 aromatic carbocycles. The van der Waals surface area contributed by atoms with Gasteiger partial charge >= 0.3 is 0 Å². The van der Waals surface area contributed by atoms with Crippen LogP contribution in [0.2, 0.25) is 0 Å². The van der Waals surface area contributed by atoms with Crippen molar-refractivity contribution >= 4 is 17.4 Å². The summed E-state index contributed by atoms with van der Waals surface area (Å²) in [6, 6.07) is 2.94. The summed E-state index contributed by atoms with van der Waals surface area (Å²) in [4.78, 5) is 11.1. The van der Waals surface area contributed by atoms with Gasteiger partial charge in [0.15, 0.2) is 11.5 Å². The Bertz CT molecular complexity index is 452. The fourth-order valence-electron chi connectivity index (χ4n) is 1.39. The number of thioether (sulfide) groups is 1. The van der Waals surface area contributed by atoms with Crippen molar-refractivity contribution in [3.63, 3.8) is 0 Å². The average Bonchev–Trinajstić information content (AvgIpc) is 2.43. The van der Waals surface area contributed by atoms with Crippen molar-refractivity contribution in [1.29, 1.82) is 0 Å². The monoisotopic (exact) mass is 287 g/mol. The summed E-state index contributed by atoms with van der Waals surface area (Å²) in [5, 5.41) is 20.0. The molecule has 19 heavy (non-hydrogen) atoms. The normalized spacial score (nSPS) is 12.0. The van der Waals surface area contributed by atoms with E-state index in [1.54, 1.807) is 6.07 Å². The second-order valence-corrected chi connectivity index (χ2v) is 5.09. The zero-order valence-corrected chi connectivity index (χ0v) is 11.9. The van der Waals surface area contributed by atoms with Crippen LogP contribution in [0, 0.1) is 16.0 Å². The van der Waals surface area contributed by atoms with Crippen LogP contribution in [-0.4, -0.2) is 36.6 Å². The Morgan fingerprint density at radius 2 is 1.95 bits per heavy atom. The van der Waals surface area contributed by atoms with Gasteiger partial charge in [0.2, 0.25) is 0 Å². The summed E-state index contributed by atoms with van der Waals surface area (Å²) in [6.07, 6.45) is 0. The Labute approximate surface area is 115 Å². The third-order valence-corrected chi connectivity index (χ3v) is 3.87. The zero-order chi connectivity index (χ0) is 14.4. The summed E-state index contributed by atoms with van der Waals surface area (Å²) in [5.41, 5.74) is -0.0206. The van der Waals surface area contributed by atoms with E-state index in [1.807, 2.05) is 6.92 Å². The molecule has 0 aromatic heterocycles. The largest absolute Gasteiger partial charge is 0.493 e.